The number of allylic oxidation sites excluding steroid dienone is 1. The molecule has 0 aromatic heterocycles. The van der Waals surface area contributed by atoms with E-state index < -0.39 is 6.61 Å². The minimum atomic E-state index is -2.81. The van der Waals surface area contributed by atoms with Gasteiger partial charge in [-0.15, -0.1) is 0 Å². The van der Waals surface area contributed by atoms with E-state index in [1.807, 2.05) is 13.0 Å². The van der Waals surface area contributed by atoms with Crippen LogP contribution in [-0.4, -0.2) is 6.61 Å². The molecule has 0 aliphatic heterocycles. The summed E-state index contributed by atoms with van der Waals surface area (Å²) in [5.74, 6) is 0.823. The molecule has 1 aliphatic rings. The third-order valence-corrected chi connectivity index (χ3v) is 2.94. The van der Waals surface area contributed by atoms with Gasteiger partial charge in [-0.1, -0.05) is 18.2 Å². The molecular formula is C14H17F2NO. The van der Waals surface area contributed by atoms with E-state index in [2.05, 4.69) is 10.8 Å². The number of nitrogens with two attached hydrogens (primary N) is 1. The summed E-state index contributed by atoms with van der Waals surface area (Å²) in [6.07, 6.45) is 6.63. The lowest BCUT2D eigenvalue weighted by Crippen LogP contribution is -2.08. The van der Waals surface area contributed by atoms with Crippen LogP contribution in [0.2, 0.25) is 0 Å². The Labute approximate surface area is 105 Å². The number of ether oxygens (including phenoxy) is 1. The molecule has 0 saturated heterocycles. The molecule has 1 aromatic rings. The fraction of sp³-hybridized carbons (Fsp3) is 0.429. The van der Waals surface area contributed by atoms with Gasteiger partial charge in [-0.2, -0.15) is 8.78 Å². The van der Waals surface area contributed by atoms with Crippen LogP contribution in [0.15, 0.2) is 24.3 Å². The van der Waals surface area contributed by atoms with Crippen LogP contribution >= 0.6 is 0 Å². The van der Waals surface area contributed by atoms with Crippen LogP contribution in [0.1, 0.15) is 36.9 Å². The quantitative estimate of drug-likeness (QED) is 0.867. The molecule has 0 bridgehead atoms. The van der Waals surface area contributed by atoms with Gasteiger partial charge in [0.05, 0.1) is 0 Å². The van der Waals surface area contributed by atoms with Gasteiger partial charge in [0.2, 0.25) is 0 Å². The summed E-state index contributed by atoms with van der Waals surface area (Å²) >= 11 is 0. The molecule has 0 radical (unpaired) electrons. The van der Waals surface area contributed by atoms with E-state index in [1.165, 1.54) is 12.8 Å². The van der Waals surface area contributed by atoms with Crippen molar-refractivity contribution in [3.63, 3.8) is 0 Å². The van der Waals surface area contributed by atoms with E-state index in [4.69, 9.17) is 5.73 Å². The highest BCUT2D eigenvalue weighted by Crippen LogP contribution is 2.32. The summed E-state index contributed by atoms with van der Waals surface area (Å²) in [6.45, 7) is -0.977. The molecule has 1 aliphatic carbocycles. The fourth-order valence-electron chi connectivity index (χ4n) is 1.80. The van der Waals surface area contributed by atoms with Gasteiger partial charge in [-0.25, -0.2) is 0 Å². The van der Waals surface area contributed by atoms with Gasteiger partial charge in [0, 0.05) is 6.04 Å². The second-order valence-electron chi connectivity index (χ2n) is 4.65. The Kier molecular flexibility index (Phi) is 3.97. The number of benzene rings is 1. The maximum Gasteiger partial charge on any atom is 0.387 e. The summed E-state index contributed by atoms with van der Waals surface area (Å²) in [6, 6.07) is 4.69. The van der Waals surface area contributed by atoms with Gasteiger partial charge in [-0.3, -0.25) is 0 Å². The predicted octanol–water partition coefficient (Wildman–Crippen LogP) is 3.73. The molecule has 98 valence electrons. The van der Waals surface area contributed by atoms with Crippen molar-refractivity contribution < 1.29 is 13.5 Å². The van der Waals surface area contributed by atoms with E-state index in [9.17, 15) is 8.78 Å². The first kappa shape index (κ1) is 13.0. The van der Waals surface area contributed by atoms with Crippen molar-refractivity contribution in [1.29, 1.82) is 0 Å². The molecule has 1 fully saturated rings. The third-order valence-electron chi connectivity index (χ3n) is 2.94. The average Bonchev–Trinajstić information content (AvgIpc) is 3.10. The van der Waals surface area contributed by atoms with Gasteiger partial charge >= 0.3 is 6.61 Å². The van der Waals surface area contributed by atoms with Crippen molar-refractivity contribution in [1.82, 2.24) is 0 Å². The van der Waals surface area contributed by atoms with Crippen molar-refractivity contribution in [2.75, 3.05) is 0 Å². The van der Waals surface area contributed by atoms with Crippen LogP contribution in [0.3, 0.4) is 0 Å². The molecule has 0 amide bonds. The monoisotopic (exact) mass is 253 g/mol. The summed E-state index contributed by atoms with van der Waals surface area (Å²) in [5, 5.41) is 0. The highest BCUT2D eigenvalue weighted by Gasteiger charge is 2.17. The number of alkyl halides is 2. The Hall–Kier alpha value is -1.42. The van der Waals surface area contributed by atoms with Crippen LogP contribution in [0.4, 0.5) is 8.78 Å². The zero-order valence-corrected chi connectivity index (χ0v) is 10.3. The average molecular weight is 253 g/mol. The normalized spacial score (nSPS) is 17.4. The second-order valence-corrected chi connectivity index (χ2v) is 4.65. The highest BCUT2D eigenvalue weighted by atomic mass is 19.3. The summed E-state index contributed by atoms with van der Waals surface area (Å²) < 4.78 is 28.7. The first-order valence-corrected chi connectivity index (χ1v) is 6.09. The lowest BCUT2D eigenvalue weighted by atomic mass is 10.0. The molecule has 2 nitrogen and oxygen atoms in total. The van der Waals surface area contributed by atoms with Crippen LogP contribution < -0.4 is 10.5 Å². The number of rotatable bonds is 5. The third kappa shape index (κ3) is 3.53. The molecule has 0 unspecified atom stereocenters. The maximum absolute atomic E-state index is 12.1. The van der Waals surface area contributed by atoms with Gasteiger partial charge in [0.25, 0.3) is 0 Å². The standard InChI is InChI=1S/C14H17F2NO/c1-9(17)13-8-12(18-14(15)16)7-6-11(13)5-4-10-2-3-10/h4-10,14H,2-3,17H2,1H3/b5-4+/t9-/m0/s1. The predicted molar refractivity (Wildman–Crippen MR) is 67.4 cm³/mol. The first-order valence-electron chi connectivity index (χ1n) is 6.09. The molecular weight excluding hydrogens is 236 g/mol. The fourth-order valence-corrected chi connectivity index (χ4v) is 1.80. The summed E-state index contributed by atoms with van der Waals surface area (Å²) in [4.78, 5) is 0. The van der Waals surface area contributed by atoms with Crippen LogP contribution in [0.5, 0.6) is 5.75 Å². The van der Waals surface area contributed by atoms with Crippen molar-refractivity contribution in [3.8, 4) is 5.75 Å². The zero-order valence-electron chi connectivity index (χ0n) is 10.3. The Morgan fingerprint density at radius 3 is 2.67 bits per heavy atom. The Morgan fingerprint density at radius 1 is 1.39 bits per heavy atom. The topological polar surface area (TPSA) is 35.2 Å². The van der Waals surface area contributed by atoms with Crippen LogP contribution in [0, 0.1) is 5.92 Å². The largest absolute Gasteiger partial charge is 0.435 e. The first-order chi connectivity index (χ1) is 8.56. The lowest BCUT2D eigenvalue weighted by Gasteiger charge is -2.13. The molecule has 0 heterocycles. The second kappa shape index (κ2) is 5.48. The number of hydrogen-bond donors (Lipinski definition) is 1. The molecule has 0 spiro atoms. The smallest absolute Gasteiger partial charge is 0.387 e. The molecule has 1 atom stereocenters. The van der Waals surface area contributed by atoms with Crippen LogP contribution in [0.25, 0.3) is 6.08 Å². The van der Waals surface area contributed by atoms with Gasteiger partial charge in [0.15, 0.2) is 0 Å². The SMILES string of the molecule is C[C@H](N)c1cc(OC(F)F)ccc1/C=C/C1CC1. The van der Waals surface area contributed by atoms with E-state index in [0.29, 0.717) is 5.92 Å². The Bertz CT molecular complexity index is 439. The highest BCUT2D eigenvalue weighted by molar-refractivity contribution is 5.57. The molecule has 1 aromatic carbocycles. The summed E-state index contributed by atoms with van der Waals surface area (Å²) in [7, 11) is 0. The van der Waals surface area contributed by atoms with E-state index in [0.717, 1.165) is 11.1 Å². The van der Waals surface area contributed by atoms with Gasteiger partial charge < -0.3 is 10.5 Å². The number of halogens is 2. The summed E-state index contributed by atoms with van der Waals surface area (Å²) in [5.41, 5.74) is 7.65. The molecule has 18 heavy (non-hydrogen) atoms. The number of hydrogen-bond acceptors (Lipinski definition) is 2. The minimum absolute atomic E-state index is 0.154. The van der Waals surface area contributed by atoms with Gasteiger partial charge in [-0.05, 0) is 48.9 Å². The molecule has 2 N–H and O–H groups in total. The molecule has 2 rings (SSSR count). The Morgan fingerprint density at radius 2 is 2.11 bits per heavy atom. The van der Waals surface area contributed by atoms with Gasteiger partial charge in [0.1, 0.15) is 5.75 Å². The van der Waals surface area contributed by atoms with E-state index in [1.54, 1.807) is 18.2 Å². The van der Waals surface area contributed by atoms with Crippen molar-refractivity contribution in [3.05, 3.63) is 35.4 Å². The maximum atomic E-state index is 12.1. The Balaban J connectivity index is 2.22. The van der Waals surface area contributed by atoms with Crippen LogP contribution in [-0.2, 0) is 0 Å². The van der Waals surface area contributed by atoms with E-state index >= 15 is 0 Å². The lowest BCUT2D eigenvalue weighted by molar-refractivity contribution is -0.0499. The zero-order chi connectivity index (χ0) is 13.1. The molecule has 1 saturated carbocycles. The minimum Gasteiger partial charge on any atom is -0.435 e. The van der Waals surface area contributed by atoms with Crippen molar-refractivity contribution >= 4 is 6.08 Å². The molecule has 4 heteroatoms. The van der Waals surface area contributed by atoms with Crippen molar-refractivity contribution in [2.45, 2.75) is 32.4 Å². The van der Waals surface area contributed by atoms with E-state index in [-0.39, 0.29) is 11.8 Å². The van der Waals surface area contributed by atoms with Crippen molar-refractivity contribution in [2.24, 2.45) is 11.7 Å².